The van der Waals surface area contributed by atoms with Crippen LogP contribution in [-0.4, -0.2) is 25.3 Å². The molecule has 0 saturated heterocycles. The first-order valence-electron chi connectivity index (χ1n) is 10.6. The highest BCUT2D eigenvalue weighted by atomic mass is 19.4. The van der Waals surface area contributed by atoms with E-state index in [1.54, 1.807) is 47.8 Å². The molecule has 0 saturated carbocycles. The van der Waals surface area contributed by atoms with Crippen molar-refractivity contribution in [2.24, 2.45) is 5.73 Å². The zero-order valence-electron chi connectivity index (χ0n) is 18.7. The van der Waals surface area contributed by atoms with Crippen molar-refractivity contribution < 1.29 is 18.0 Å². The minimum atomic E-state index is -4.49. The van der Waals surface area contributed by atoms with Gasteiger partial charge in [0, 0.05) is 42.3 Å². The molecule has 35 heavy (non-hydrogen) atoms. The average Bonchev–Trinajstić information content (AvgIpc) is 3.38. The lowest BCUT2D eigenvalue weighted by Gasteiger charge is -2.13. The second kappa shape index (κ2) is 9.91. The molecular formula is C26H20F3N5O. The number of Topliss-reactive ketones (excluding diaryl/α,β-unsaturated/α-hetero) is 1. The molecule has 0 radical (unpaired) electrons. The van der Waals surface area contributed by atoms with Gasteiger partial charge in [-0.3, -0.25) is 4.79 Å². The van der Waals surface area contributed by atoms with Gasteiger partial charge in [0.2, 0.25) is 0 Å². The number of carbonyl (C=O) groups excluding carboxylic acids is 1. The zero-order valence-corrected chi connectivity index (χ0v) is 18.7. The van der Waals surface area contributed by atoms with Gasteiger partial charge in [0.25, 0.3) is 0 Å². The predicted octanol–water partition coefficient (Wildman–Crippen LogP) is 4.27. The molecule has 2 aromatic heterocycles. The fourth-order valence-corrected chi connectivity index (χ4v) is 3.47. The Morgan fingerprint density at radius 3 is 2.54 bits per heavy atom. The van der Waals surface area contributed by atoms with Gasteiger partial charge < -0.3 is 10.3 Å². The van der Waals surface area contributed by atoms with E-state index in [1.807, 2.05) is 6.92 Å². The summed E-state index contributed by atoms with van der Waals surface area (Å²) in [4.78, 5) is 25.6. The summed E-state index contributed by atoms with van der Waals surface area (Å²) < 4.78 is 41.0. The van der Waals surface area contributed by atoms with Crippen LogP contribution in [0.2, 0.25) is 0 Å². The summed E-state index contributed by atoms with van der Waals surface area (Å²) in [5.74, 6) is 6.17. The lowest BCUT2D eigenvalue weighted by atomic mass is 9.96. The van der Waals surface area contributed by atoms with E-state index in [1.165, 1.54) is 12.1 Å². The molecule has 0 aliphatic carbocycles. The molecule has 2 N–H and O–H groups in total. The van der Waals surface area contributed by atoms with E-state index in [2.05, 4.69) is 26.8 Å². The maximum Gasteiger partial charge on any atom is 0.416 e. The Bertz CT molecular complexity index is 1420. The monoisotopic (exact) mass is 475 g/mol. The number of nitrogens with zero attached hydrogens (tertiary/aromatic N) is 4. The smallest absolute Gasteiger partial charge is 0.324 e. The molecule has 2 heterocycles. The molecule has 0 amide bonds. The fraction of sp³-hybridized carbons (Fsp3) is 0.154. The van der Waals surface area contributed by atoms with Gasteiger partial charge in [-0.05, 0) is 36.2 Å². The third-order valence-electron chi connectivity index (χ3n) is 5.27. The number of hydrogen-bond acceptors (Lipinski definition) is 5. The number of aromatic nitrogens is 4. The number of ketones is 1. The van der Waals surface area contributed by atoms with Crippen molar-refractivity contribution in [3.05, 3.63) is 107 Å². The first kappa shape index (κ1) is 23.9. The SMILES string of the molecule is Cc1cc(-n2ccnc2)c(C(=O)Cc2cccc(C(F)(F)F)c2)cc1C#Cc1cnc(CN)nc1. The number of benzene rings is 2. The van der Waals surface area contributed by atoms with Crippen LogP contribution >= 0.6 is 0 Å². The third kappa shape index (κ3) is 5.62. The molecule has 176 valence electrons. The fourth-order valence-electron chi connectivity index (χ4n) is 3.47. The Balaban J connectivity index is 1.72. The van der Waals surface area contributed by atoms with Crippen molar-refractivity contribution in [2.75, 3.05) is 0 Å². The standard InChI is InChI=1S/C26H20F3N5O/c1-17-9-23(34-8-7-31-16-34)22(12-20(17)6-5-19-14-32-25(13-30)33-15-19)24(35)11-18-3-2-4-21(10-18)26(27,28)29/h2-4,7-10,12,14-16H,11,13,30H2,1H3. The molecule has 0 aliphatic rings. The van der Waals surface area contributed by atoms with E-state index in [4.69, 9.17) is 5.73 Å². The highest BCUT2D eigenvalue weighted by molar-refractivity contribution is 6.01. The van der Waals surface area contributed by atoms with E-state index >= 15 is 0 Å². The largest absolute Gasteiger partial charge is 0.416 e. The zero-order chi connectivity index (χ0) is 25.0. The molecule has 0 fully saturated rings. The normalized spacial score (nSPS) is 11.1. The van der Waals surface area contributed by atoms with Crippen molar-refractivity contribution in [1.29, 1.82) is 0 Å². The van der Waals surface area contributed by atoms with Gasteiger partial charge in [-0.25, -0.2) is 15.0 Å². The Labute approximate surface area is 199 Å². The van der Waals surface area contributed by atoms with Crippen LogP contribution in [0.1, 0.15) is 44.0 Å². The van der Waals surface area contributed by atoms with Crippen LogP contribution in [0.5, 0.6) is 0 Å². The summed E-state index contributed by atoms with van der Waals surface area (Å²) in [6, 6.07) is 8.24. The lowest BCUT2D eigenvalue weighted by molar-refractivity contribution is -0.137. The maximum absolute atomic E-state index is 13.3. The topological polar surface area (TPSA) is 86.7 Å². The second-order valence-corrected chi connectivity index (χ2v) is 7.79. The van der Waals surface area contributed by atoms with Gasteiger partial charge in [0.1, 0.15) is 5.82 Å². The average molecular weight is 475 g/mol. The number of nitrogens with two attached hydrogens (primary N) is 1. The van der Waals surface area contributed by atoms with Gasteiger partial charge in [-0.1, -0.05) is 30.0 Å². The Hall–Kier alpha value is -4.29. The summed E-state index contributed by atoms with van der Waals surface area (Å²) in [5.41, 5.74) is 7.88. The molecule has 6 nitrogen and oxygen atoms in total. The maximum atomic E-state index is 13.3. The van der Waals surface area contributed by atoms with Crippen LogP contribution in [0, 0.1) is 18.8 Å². The summed E-state index contributed by atoms with van der Waals surface area (Å²) in [5, 5.41) is 0. The van der Waals surface area contributed by atoms with Gasteiger partial charge >= 0.3 is 6.18 Å². The van der Waals surface area contributed by atoms with Gasteiger partial charge in [0.15, 0.2) is 5.78 Å². The number of rotatable bonds is 5. The highest BCUT2D eigenvalue weighted by Crippen LogP contribution is 2.30. The van der Waals surface area contributed by atoms with Gasteiger partial charge in [-0.15, -0.1) is 0 Å². The van der Waals surface area contributed by atoms with Crippen LogP contribution in [0.25, 0.3) is 5.69 Å². The predicted molar refractivity (Wildman–Crippen MR) is 124 cm³/mol. The Morgan fingerprint density at radius 1 is 1.11 bits per heavy atom. The lowest BCUT2D eigenvalue weighted by Crippen LogP contribution is -2.11. The van der Waals surface area contributed by atoms with E-state index < -0.39 is 11.7 Å². The number of carbonyl (C=O) groups is 1. The van der Waals surface area contributed by atoms with Gasteiger partial charge in [0.05, 0.1) is 29.7 Å². The number of aryl methyl sites for hydroxylation is 1. The van der Waals surface area contributed by atoms with Gasteiger partial charge in [-0.2, -0.15) is 13.2 Å². The summed E-state index contributed by atoms with van der Waals surface area (Å²) in [6.45, 7) is 2.08. The Morgan fingerprint density at radius 2 is 1.89 bits per heavy atom. The molecule has 0 atom stereocenters. The molecule has 0 spiro atoms. The van der Waals surface area contributed by atoms with Crippen LogP contribution in [-0.2, 0) is 19.1 Å². The minimum Gasteiger partial charge on any atom is -0.324 e. The number of halogens is 3. The number of hydrogen-bond donors (Lipinski definition) is 1. The summed E-state index contributed by atoms with van der Waals surface area (Å²) in [6.07, 6.45) is 3.27. The molecule has 4 rings (SSSR count). The molecule has 4 aromatic rings. The van der Waals surface area contributed by atoms with E-state index in [-0.39, 0.29) is 24.3 Å². The highest BCUT2D eigenvalue weighted by Gasteiger charge is 2.30. The Kier molecular flexibility index (Phi) is 6.75. The molecule has 9 heteroatoms. The molecule has 0 bridgehead atoms. The molecule has 2 aromatic carbocycles. The van der Waals surface area contributed by atoms with E-state index in [0.717, 1.165) is 17.7 Å². The molecular weight excluding hydrogens is 455 g/mol. The van der Waals surface area contributed by atoms with E-state index in [0.29, 0.717) is 28.2 Å². The summed E-state index contributed by atoms with van der Waals surface area (Å²) in [7, 11) is 0. The van der Waals surface area contributed by atoms with Crippen molar-refractivity contribution in [3.63, 3.8) is 0 Å². The van der Waals surface area contributed by atoms with Crippen molar-refractivity contribution in [3.8, 4) is 17.5 Å². The molecule has 0 unspecified atom stereocenters. The van der Waals surface area contributed by atoms with Crippen molar-refractivity contribution >= 4 is 5.78 Å². The summed E-state index contributed by atoms with van der Waals surface area (Å²) >= 11 is 0. The quantitative estimate of drug-likeness (QED) is 0.344. The van der Waals surface area contributed by atoms with Crippen LogP contribution < -0.4 is 5.73 Å². The van der Waals surface area contributed by atoms with Crippen LogP contribution in [0.4, 0.5) is 13.2 Å². The van der Waals surface area contributed by atoms with Crippen LogP contribution in [0.15, 0.2) is 67.5 Å². The minimum absolute atomic E-state index is 0.198. The first-order chi connectivity index (χ1) is 16.7. The molecule has 0 aliphatic heterocycles. The first-order valence-corrected chi connectivity index (χ1v) is 10.6. The number of alkyl halides is 3. The van der Waals surface area contributed by atoms with Crippen molar-refractivity contribution in [2.45, 2.75) is 26.1 Å². The van der Waals surface area contributed by atoms with Crippen LogP contribution in [0.3, 0.4) is 0 Å². The third-order valence-corrected chi connectivity index (χ3v) is 5.27. The number of imidazole rings is 1. The second-order valence-electron chi connectivity index (χ2n) is 7.79. The van der Waals surface area contributed by atoms with Crippen molar-refractivity contribution in [1.82, 2.24) is 19.5 Å². The van der Waals surface area contributed by atoms with E-state index in [9.17, 15) is 18.0 Å².